The van der Waals surface area contributed by atoms with Gasteiger partial charge in [-0.25, -0.2) is 0 Å². The van der Waals surface area contributed by atoms with Crippen LogP contribution in [0.25, 0.3) is 11.0 Å². The molecule has 4 N–H and O–H groups in total. The molecule has 0 spiro atoms. The van der Waals surface area contributed by atoms with Crippen molar-refractivity contribution in [3.05, 3.63) is 37.4 Å². The van der Waals surface area contributed by atoms with Crippen molar-refractivity contribution in [2.75, 3.05) is 5.73 Å². The predicted molar refractivity (Wildman–Crippen MR) is 59.3 cm³/mol. The zero-order valence-electron chi connectivity index (χ0n) is 7.85. The first-order chi connectivity index (χ1) is 7.00. The largest absolute Gasteiger partial charge is 0.397 e. The van der Waals surface area contributed by atoms with Crippen LogP contribution in [0.1, 0.15) is 5.56 Å². The molecule has 2 aromatic rings. The van der Waals surface area contributed by atoms with Crippen molar-refractivity contribution in [1.29, 1.82) is 0 Å². The van der Waals surface area contributed by atoms with Crippen molar-refractivity contribution in [1.82, 2.24) is 9.97 Å². The Hall–Kier alpha value is -1.75. The Morgan fingerprint density at radius 3 is 2.53 bits per heavy atom. The fourth-order valence-corrected chi connectivity index (χ4v) is 1.56. The maximum atomic E-state index is 11.1. The zero-order valence-corrected chi connectivity index (χ0v) is 8.61. The van der Waals surface area contributed by atoms with Gasteiger partial charge in [0, 0.05) is 5.02 Å². The van der Waals surface area contributed by atoms with E-state index in [2.05, 4.69) is 9.97 Å². The summed E-state index contributed by atoms with van der Waals surface area (Å²) in [7, 11) is 0. The number of aromatic nitrogens is 2. The zero-order chi connectivity index (χ0) is 11.2. The van der Waals surface area contributed by atoms with Crippen LogP contribution in [0.4, 0.5) is 5.69 Å². The van der Waals surface area contributed by atoms with E-state index in [1.165, 1.54) is 0 Å². The summed E-state index contributed by atoms with van der Waals surface area (Å²) in [6.07, 6.45) is 0. The molecule has 0 radical (unpaired) electrons. The molecule has 0 fully saturated rings. The molecular weight excluding hydrogens is 218 g/mol. The van der Waals surface area contributed by atoms with Gasteiger partial charge in [0.2, 0.25) is 0 Å². The number of halogens is 1. The molecular formula is C9H8ClN3O2. The quantitative estimate of drug-likeness (QED) is 0.457. The minimum atomic E-state index is -0.726. The molecule has 0 saturated heterocycles. The van der Waals surface area contributed by atoms with E-state index < -0.39 is 11.1 Å². The lowest BCUT2D eigenvalue weighted by Gasteiger charge is -2.06. The van der Waals surface area contributed by atoms with Crippen LogP contribution in [0.5, 0.6) is 0 Å². The molecule has 1 aromatic heterocycles. The Balaban J connectivity index is 3.06. The molecule has 5 nitrogen and oxygen atoms in total. The van der Waals surface area contributed by atoms with Gasteiger partial charge in [-0.3, -0.25) is 9.59 Å². The fourth-order valence-electron chi connectivity index (χ4n) is 1.35. The smallest absolute Gasteiger partial charge is 0.314 e. The van der Waals surface area contributed by atoms with Gasteiger partial charge in [-0.2, -0.15) is 0 Å². The Bertz CT molecular complexity index is 657. The number of benzene rings is 1. The summed E-state index contributed by atoms with van der Waals surface area (Å²) in [5, 5.41) is 0.447. The topological polar surface area (TPSA) is 91.7 Å². The number of aromatic amines is 2. The van der Waals surface area contributed by atoms with E-state index in [1.807, 2.05) is 0 Å². The highest BCUT2D eigenvalue weighted by atomic mass is 35.5. The standard InChI is InChI=1S/C9H8ClN3O2/c1-3-4(10)2-5-7(6(3)11)13-9(15)8(14)12-5/h2H,11H2,1H3,(H,12,14)(H,13,15). The molecule has 6 heteroatoms. The first-order valence-electron chi connectivity index (χ1n) is 4.21. The van der Waals surface area contributed by atoms with Crippen molar-refractivity contribution in [3.8, 4) is 0 Å². The van der Waals surface area contributed by atoms with Crippen LogP contribution in [0.2, 0.25) is 5.02 Å². The van der Waals surface area contributed by atoms with E-state index in [0.717, 1.165) is 0 Å². The average Bonchev–Trinajstić information content (AvgIpc) is 2.19. The van der Waals surface area contributed by atoms with Gasteiger partial charge in [0.1, 0.15) is 0 Å². The third-order valence-electron chi connectivity index (χ3n) is 2.26. The monoisotopic (exact) mass is 225 g/mol. The molecule has 0 aliphatic heterocycles. The normalized spacial score (nSPS) is 10.8. The van der Waals surface area contributed by atoms with Gasteiger partial charge in [-0.15, -0.1) is 0 Å². The number of fused-ring (bicyclic) bond motifs is 1. The Morgan fingerprint density at radius 2 is 1.87 bits per heavy atom. The average molecular weight is 226 g/mol. The van der Waals surface area contributed by atoms with Crippen LogP contribution in [0.3, 0.4) is 0 Å². The van der Waals surface area contributed by atoms with Crippen LogP contribution < -0.4 is 16.9 Å². The Morgan fingerprint density at radius 1 is 1.27 bits per heavy atom. The third kappa shape index (κ3) is 1.41. The van der Waals surface area contributed by atoms with Crippen molar-refractivity contribution < 1.29 is 0 Å². The van der Waals surface area contributed by atoms with Crippen molar-refractivity contribution in [3.63, 3.8) is 0 Å². The summed E-state index contributed by atoms with van der Waals surface area (Å²) < 4.78 is 0. The van der Waals surface area contributed by atoms with Crippen LogP contribution >= 0.6 is 11.6 Å². The molecule has 2 rings (SSSR count). The fraction of sp³-hybridized carbons (Fsp3) is 0.111. The third-order valence-corrected chi connectivity index (χ3v) is 2.66. The van der Waals surface area contributed by atoms with Crippen molar-refractivity contribution in [2.24, 2.45) is 0 Å². The van der Waals surface area contributed by atoms with Gasteiger partial charge >= 0.3 is 11.1 Å². The summed E-state index contributed by atoms with van der Waals surface area (Å²) in [5.74, 6) is 0. The minimum absolute atomic E-state index is 0.367. The van der Waals surface area contributed by atoms with Crippen molar-refractivity contribution in [2.45, 2.75) is 6.92 Å². The highest BCUT2D eigenvalue weighted by molar-refractivity contribution is 6.32. The molecule has 0 aliphatic carbocycles. The molecule has 0 atom stereocenters. The van der Waals surface area contributed by atoms with E-state index in [9.17, 15) is 9.59 Å². The van der Waals surface area contributed by atoms with Crippen LogP contribution in [-0.4, -0.2) is 9.97 Å². The van der Waals surface area contributed by atoms with E-state index in [-0.39, 0.29) is 0 Å². The highest BCUT2D eigenvalue weighted by Crippen LogP contribution is 2.26. The maximum Gasteiger partial charge on any atom is 0.314 e. The molecule has 0 unspecified atom stereocenters. The number of nitrogens with one attached hydrogen (secondary N) is 2. The summed E-state index contributed by atoms with van der Waals surface area (Å²) >= 11 is 5.89. The second kappa shape index (κ2) is 3.13. The van der Waals surface area contributed by atoms with E-state index >= 15 is 0 Å². The molecule has 15 heavy (non-hydrogen) atoms. The number of H-pyrrole nitrogens is 2. The van der Waals surface area contributed by atoms with Crippen molar-refractivity contribution >= 4 is 28.3 Å². The van der Waals surface area contributed by atoms with E-state index in [4.69, 9.17) is 17.3 Å². The van der Waals surface area contributed by atoms with Crippen LogP contribution in [0.15, 0.2) is 15.7 Å². The Kier molecular flexibility index (Phi) is 2.04. The van der Waals surface area contributed by atoms with Gasteiger partial charge in [0.25, 0.3) is 0 Å². The Labute approximate surface area is 88.9 Å². The predicted octanol–water partition coefficient (Wildman–Crippen LogP) is 0.760. The summed E-state index contributed by atoms with van der Waals surface area (Å²) in [5.41, 5.74) is 6.18. The number of rotatable bonds is 0. The SMILES string of the molecule is Cc1c(Cl)cc2[nH]c(=O)c(=O)[nH]c2c1N. The number of nitrogen functional groups attached to an aromatic ring is 1. The lowest BCUT2D eigenvalue weighted by Crippen LogP contribution is -2.29. The van der Waals surface area contributed by atoms with E-state index in [1.54, 1.807) is 13.0 Å². The summed E-state index contributed by atoms with van der Waals surface area (Å²) in [6.45, 7) is 1.74. The summed E-state index contributed by atoms with van der Waals surface area (Å²) in [6, 6.07) is 1.56. The van der Waals surface area contributed by atoms with Gasteiger partial charge in [-0.05, 0) is 18.6 Å². The number of hydrogen-bond donors (Lipinski definition) is 3. The second-order valence-electron chi connectivity index (χ2n) is 3.23. The summed E-state index contributed by atoms with van der Waals surface area (Å²) in [4.78, 5) is 27.0. The van der Waals surface area contributed by atoms with Gasteiger partial charge in [-0.1, -0.05) is 11.6 Å². The molecule has 78 valence electrons. The lowest BCUT2D eigenvalue weighted by molar-refractivity contribution is 1.14. The molecule has 0 saturated carbocycles. The number of anilines is 1. The highest BCUT2D eigenvalue weighted by Gasteiger charge is 2.08. The first kappa shape index (κ1) is 9.79. The molecule has 0 bridgehead atoms. The van der Waals surface area contributed by atoms with Crippen LogP contribution in [0, 0.1) is 6.92 Å². The molecule has 1 heterocycles. The molecule has 0 aliphatic rings. The van der Waals surface area contributed by atoms with E-state index in [0.29, 0.717) is 27.3 Å². The first-order valence-corrected chi connectivity index (χ1v) is 4.59. The lowest BCUT2D eigenvalue weighted by atomic mass is 10.1. The van der Waals surface area contributed by atoms with Crippen LogP contribution in [-0.2, 0) is 0 Å². The maximum absolute atomic E-state index is 11.1. The minimum Gasteiger partial charge on any atom is -0.397 e. The second-order valence-corrected chi connectivity index (χ2v) is 3.64. The van der Waals surface area contributed by atoms with Gasteiger partial charge in [0.05, 0.1) is 16.7 Å². The van der Waals surface area contributed by atoms with Gasteiger partial charge in [0.15, 0.2) is 0 Å². The number of hydrogen-bond acceptors (Lipinski definition) is 3. The molecule has 0 amide bonds. The molecule has 1 aromatic carbocycles. The van der Waals surface area contributed by atoms with Gasteiger partial charge < -0.3 is 15.7 Å². The number of nitrogens with two attached hydrogens (primary N) is 1.